The first-order valence-corrected chi connectivity index (χ1v) is 6.71. The number of hydrogen-bond donors (Lipinski definition) is 1. The molecular formula is C7H18F6NOP. The monoisotopic (exact) mass is 277 g/mol. The minimum absolute atomic E-state index is 0.886. The van der Waals surface area contributed by atoms with Gasteiger partial charge in [-0.25, -0.2) is 0 Å². The van der Waals surface area contributed by atoms with Gasteiger partial charge in [-0.2, -0.15) is 0 Å². The van der Waals surface area contributed by atoms with Crippen molar-refractivity contribution in [2.75, 3.05) is 33.4 Å². The third kappa shape index (κ3) is 37.0. The van der Waals surface area contributed by atoms with Gasteiger partial charge in [0.05, 0.1) is 19.7 Å². The van der Waals surface area contributed by atoms with Crippen LogP contribution in [0.1, 0.15) is 13.8 Å². The molecule has 0 bridgehead atoms. The maximum atomic E-state index is 9.87. The van der Waals surface area contributed by atoms with Gasteiger partial charge in [0, 0.05) is 7.11 Å². The molecule has 0 atom stereocenters. The molecule has 0 saturated carbocycles. The summed E-state index contributed by atoms with van der Waals surface area (Å²) in [5, 5.41) is 0. The van der Waals surface area contributed by atoms with Gasteiger partial charge in [0.2, 0.25) is 0 Å². The standard InChI is InChI=1S/C7H17NO.F6P/c1-4-8(5-2)6-7-9-3;1-7(2,3,4,5)6/h4-7H2,1-3H3;/q;-1/p+1. The number of halogens is 6. The number of quaternary nitrogens is 1. The average Bonchev–Trinajstić information content (AvgIpc) is 2.01. The van der Waals surface area contributed by atoms with Gasteiger partial charge in [-0.1, -0.05) is 0 Å². The molecule has 0 aliphatic rings. The van der Waals surface area contributed by atoms with Crippen LogP contribution >= 0.6 is 7.81 Å². The second-order valence-electron chi connectivity index (χ2n) is 3.16. The summed E-state index contributed by atoms with van der Waals surface area (Å²) < 4.78 is 64.1. The molecule has 0 saturated heterocycles. The molecule has 1 N–H and O–H groups in total. The fraction of sp³-hybridized carbons (Fsp3) is 1.00. The van der Waals surface area contributed by atoms with E-state index in [1.807, 2.05) is 0 Å². The van der Waals surface area contributed by atoms with Crippen molar-refractivity contribution in [2.24, 2.45) is 0 Å². The van der Waals surface area contributed by atoms with E-state index < -0.39 is 7.81 Å². The molecule has 0 aromatic heterocycles. The normalized spacial score (nSPS) is 16.1. The van der Waals surface area contributed by atoms with Gasteiger partial charge in [-0.3, -0.25) is 0 Å². The van der Waals surface area contributed by atoms with Crippen LogP contribution in [0.5, 0.6) is 0 Å². The predicted octanol–water partition coefficient (Wildman–Crippen LogP) is 2.94. The van der Waals surface area contributed by atoms with Crippen LogP contribution in [0.15, 0.2) is 0 Å². The first-order valence-electron chi connectivity index (χ1n) is 4.69. The van der Waals surface area contributed by atoms with E-state index in [2.05, 4.69) is 13.8 Å². The summed E-state index contributed by atoms with van der Waals surface area (Å²) in [5.74, 6) is 0. The Hall–Kier alpha value is -0.0700. The second kappa shape index (κ2) is 5.51. The zero-order chi connectivity index (χ0) is 13.5. The number of likely N-dealkylation sites (N-methyl/N-ethyl adjacent to an activating group) is 1. The first kappa shape index (κ1) is 18.3. The van der Waals surface area contributed by atoms with Crippen molar-refractivity contribution in [3.05, 3.63) is 0 Å². The van der Waals surface area contributed by atoms with Crippen molar-refractivity contribution in [1.82, 2.24) is 0 Å². The van der Waals surface area contributed by atoms with E-state index in [-0.39, 0.29) is 0 Å². The molecule has 104 valence electrons. The number of methoxy groups -OCH3 is 1. The van der Waals surface area contributed by atoms with Crippen molar-refractivity contribution < 1.29 is 34.8 Å². The Bertz CT molecular complexity index is 174. The van der Waals surface area contributed by atoms with E-state index in [9.17, 15) is 25.2 Å². The molecule has 9 heteroatoms. The van der Waals surface area contributed by atoms with E-state index in [0.717, 1.165) is 13.2 Å². The minimum atomic E-state index is -10.7. The number of hydrogen-bond acceptors (Lipinski definition) is 1. The molecule has 0 fully saturated rings. The Morgan fingerprint density at radius 3 is 1.44 bits per heavy atom. The van der Waals surface area contributed by atoms with Crippen LogP contribution in [-0.4, -0.2) is 33.4 Å². The molecule has 0 rings (SSSR count). The van der Waals surface area contributed by atoms with Crippen LogP contribution in [0.4, 0.5) is 25.2 Å². The second-order valence-corrected chi connectivity index (χ2v) is 5.07. The summed E-state index contributed by atoms with van der Waals surface area (Å²) in [7, 11) is -8.90. The summed E-state index contributed by atoms with van der Waals surface area (Å²) in [6, 6.07) is 0. The molecule has 0 heterocycles. The van der Waals surface area contributed by atoms with Crippen LogP contribution in [-0.2, 0) is 4.74 Å². The molecule has 0 radical (unpaired) electrons. The van der Waals surface area contributed by atoms with Gasteiger partial charge in [-0.15, -0.1) is 0 Å². The predicted molar refractivity (Wildman–Crippen MR) is 52.4 cm³/mol. The van der Waals surface area contributed by atoms with Gasteiger partial charge < -0.3 is 9.64 Å². The fourth-order valence-electron chi connectivity index (χ4n) is 0.850. The van der Waals surface area contributed by atoms with Crippen LogP contribution < -0.4 is 4.90 Å². The summed E-state index contributed by atoms with van der Waals surface area (Å²) in [6.07, 6.45) is 0. The molecule has 0 aliphatic carbocycles. The Morgan fingerprint density at radius 2 is 1.25 bits per heavy atom. The van der Waals surface area contributed by atoms with Gasteiger partial charge in [-0.05, 0) is 13.8 Å². The topological polar surface area (TPSA) is 13.7 Å². The summed E-state index contributed by atoms with van der Waals surface area (Å²) in [4.78, 5) is 1.61. The van der Waals surface area contributed by atoms with Crippen molar-refractivity contribution in [3.63, 3.8) is 0 Å². The zero-order valence-corrected chi connectivity index (χ0v) is 10.3. The average molecular weight is 277 g/mol. The Kier molecular flexibility index (Phi) is 6.30. The van der Waals surface area contributed by atoms with Crippen molar-refractivity contribution in [1.29, 1.82) is 0 Å². The summed E-state index contributed by atoms with van der Waals surface area (Å²) in [6.45, 7) is 8.85. The van der Waals surface area contributed by atoms with Crippen LogP contribution in [0, 0.1) is 0 Å². The van der Waals surface area contributed by atoms with Crippen molar-refractivity contribution in [3.8, 4) is 0 Å². The third-order valence-electron chi connectivity index (χ3n) is 1.66. The van der Waals surface area contributed by atoms with E-state index in [4.69, 9.17) is 4.74 Å². The van der Waals surface area contributed by atoms with Crippen LogP contribution in [0.2, 0.25) is 0 Å². The number of ether oxygens (including phenoxy) is 1. The molecule has 0 aromatic rings. The number of rotatable bonds is 5. The van der Waals surface area contributed by atoms with E-state index in [0.29, 0.717) is 0 Å². The SMILES string of the molecule is CC[NH+](CC)CCOC.F[P-](F)(F)(F)(F)F. The quantitative estimate of drug-likeness (QED) is 0.602. The van der Waals surface area contributed by atoms with E-state index >= 15 is 0 Å². The first-order chi connectivity index (χ1) is 6.80. The molecular weight excluding hydrogens is 259 g/mol. The summed E-state index contributed by atoms with van der Waals surface area (Å²) in [5.41, 5.74) is 0. The Morgan fingerprint density at radius 1 is 0.938 bits per heavy atom. The van der Waals surface area contributed by atoms with Gasteiger partial charge in [0.25, 0.3) is 0 Å². The third-order valence-corrected chi connectivity index (χ3v) is 1.66. The molecule has 0 aliphatic heterocycles. The zero-order valence-electron chi connectivity index (χ0n) is 9.45. The van der Waals surface area contributed by atoms with Gasteiger partial charge in [0.1, 0.15) is 6.54 Å². The molecule has 0 unspecified atom stereocenters. The molecule has 2 nitrogen and oxygen atoms in total. The Labute approximate surface area is 90.8 Å². The molecule has 16 heavy (non-hydrogen) atoms. The maximum absolute atomic E-state index is 10.7. The van der Waals surface area contributed by atoms with Gasteiger partial charge in [0.15, 0.2) is 0 Å². The molecule has 0 amide bonds. The van der Waals surface area contributed by atoms with Gasteiger partial charge >= 0.3 is 33.0 Å². The van der Waals surface area contributed by atoms with E-state index in [1.165, 1.54) is 13.1 Å². The van der Waals surface area contributed by atoms with Crippen molar-refractivity contribution in [2.45, 2.75) is 13.8 Å². The molecule has 0 aromatic carbocycles. The van der Waals surface area contributed by atoms with Crippen LogP contribution in [0.3, 0.4) is 0 Å². The van der Waals surface area contributed by atoms with Crippen LogP contribution in [0.25, 0.3) is 0 Å². The fourth-order valence-corrected chi connectivity index (χ4v) is 0.850. The molecule has 0 spiro atoms. The Balaban J connectivity index is 0. The summed E-state index contributed by atoms with van der Waals surface area (Å²) >= 11 is 0. The van der Waals surface area contributed by atoms with Crippen molar-refractivity contribution >= 4 is 7.81 Å². The van der Waals surface area contributed by atoms with E-state index in [1.54, 1.807) is 12.0 Å². The number of nitrogens with one attached hydrogen (secondary N) is 1.